The fraction of sp³-hybridized carbons (Fsp3) is 0.368. The molecule has 0 fully saturated rings. The van der Waals surface area contributed by atoms with Crippen molar-refractivity contribution in [2.45, 2.75) is 44.6 Å². The first-order valence-electron chi connectivity index (χ1n) is 8.96. The summed E-state index contributed by atoms with van der Waals surface area (Å²) >= 11 is 15.4. The van der Waals surface area contributed by atoms with Gasteiger partial charge in [0.05, 0.1) is 15.8 Å². The van der Waals surface area contributed by atoms with Gasteiger partial charge >= 0.3 is 0 Å². The van der Waals surface area contributed by atoms with Crippen molar-refractivity contribution >= 4 is 68.2 Å². The van der Waals surface area contributed by atoms with Crippen molar-refractivity contribution in [1.82, 2.24) is 15.0 Å². The van der Waals surface area contributed by atoms with Gasteiger partial charge in [-0.2, -0.15) is 0 Å². The van der Waals surface area contributed by atoms with E-state index in [-0.39, 0.29) is 11.7 Å². The first-order valence-corrected chi connectivity index (χ1v) is 11.5. The number of halogens is 2. The lowest BCUT2D eigenvalue weighted by Crippen LogP contribution is -2.16. The number of hydrogen-bond donors (Lipinski definition) is 1. The number of thiophene rings is 1. The third kappa shape index (κ3) is 3.85. The molecule has 3 heterocycles. The van der Waals surface area contributed by atoms with Crippen LogP contribution >= 0.6 is 46.3 Å². The van der Waals surface area contributed by atoms with Gasteiger partial charge < -0.3 is 5.32 Å². The normalized spacial score (nSPS) is 13.6. The van der Waals surface area contributed by atoms with E-state index in [1.807, 2.05) is 6.92 Å². The van der Waals surface area contributed by atoms with Crippen LogP contribution in [0.15, 0.2) is 11.2 Å². The Morgan fingerprint density at radius 2 is 2.04 bits per heavy atom. The predicted octanol–water partition coefficient (Wildman–Crippen LogP) is 5.62. The number of hydrogen-bond acceptors (Lipinski definition) is 6. The Bertz CT molecular complexity index is 1080. The Balaban J connectivity index is 1.55. The van der Waals surface area contributed by atoms with Gasteiger partial charge in [-0.3, -0.25) is 4.79 Å². The number of carbonyl (C=O) groups is 1. The van der Waals surface area contributed by atoms with E-state index in [1.165, 1.54) is 41.2 Å². The van der Waals surface area contributed by atoms with Gasteiger partial charge in [0.1, 0.15) is 15.7 Å². The lowest BCUT2D eigenvalue weighted by Gasteiger charge is -2.12. The van der Waals surface area contributed by atoms with Crippen LogP contribution in [-0.2, 0) is 17.6 Å². The summed E-state index contributed by atoms with van der Waals surface area (Å²) in [4.78, 5) is 28.3. The molecule has 0 saturated carbocycles. The molecule has 1 aliphatic rings. The Labute approximate surface area is 181 Å². The lowest BCUT2D eigenvalue weighted by molar-refractivity contribution is -0.113. The summed E-state index contributed by atoms with van der Waals surface area (Å²) in [7, 11) is 0. The quantitative estimate of drug-likeness (QED) is 0.410. The van der Waals surface area contributed by atoms with E-state index >= 15 is 0 Å². The minimum absolute atomic E-state index is 0.186. The monoisotopic (exact) mass is 452 g/mol. The van der Waals surface area contributed by atoms with E-state index in [9.17, 15) is 4.79 Å². The van der Waals surface area contributed by atoms with Crippen molar-refractivity contribution in [2.75, 3.05) is 11.1 Å². The molecular weight excluding hydrogens is 435 g/mol. The van der Waals surface area contributed by atoms with Gasteiger partial charge in [-0.25, -0.2) is 15.0 Å². The molecule has 0 aliphatic heterocycles. The van der Waals surface area contributed by atoms with Crippen molar-refractivity contribution in [3.05, 3.63) is 38.1 Å². The second kappa shape index (κ2) is 8.14. The molecule has 1 aliphatic carbocycles. The molecule has 146 valence electrons. The minimum atomic E-state index is -0.186. The largest absolute Gasteiger partial charge is 0.309 e. The molecule has 4 rings (SSSR count). The third-order valence-electron chi connectivity index (χ3n) is 4.69. The van der Waals surface area contributed by atoms with Crippen molar-refractivity contribution < 1.29 is 4.79 Å². The molecule has 28 heavy (non-hydrogen) atoms. The zero-order valence-electron chi connectivity index (χ0n) is 15.4. The van der Waals surface area contributed by atoms with Gasteiger partial charge in [0.25, 0.3) is 0 Å². The van der Waals surface area contributed by atoms with E-state index < -0.39 is 0 Å². The van der Waals surface area contributed by atoms with Crippen molar-refractivity contribution in [3.63, 3.8) is 0 Å². The molecule has 0 aromatic carbocycles. The standard InChI is InChI=1S/C19H18Cl2N4OS2/c1-9-12(20)7-22-17(16(9)21)25-14(26)8-27-18-15-11-5-3-4-6-13(11)28-19(15)24-10(2)23-18/h7H,3-6,8H2,1-2H3,(H,22,25,26). The Hall–Kier alpha value is -1.41. The van der Waals surface area contributed by atoms with Crippen molar-refractivity contribution in [1.29, 1.82) is 0 Å². The van der Waals surface area contributed by atoms with Crippen LogP contribution < -0.4 is 5.32 Å². The lowest BCUT2D eigenvalue weighted by atomic mass is 9.97. The predicted molar refractivity (Wildman–Crippen MR) is 117 cm³/mol. The van der Waals surface area contributed by atoms with Crippen LogP contribution in [0.1, 0.15) is 34.7 Å². The fourth-order valence-electron chi connectivity index (χ4n) is 3.28. The van der Waals surface area contributed by atoms with Gasteiger partial charge in [0.15, 0.2) is 5.82 Å². The van der Waals surface area contributed by atoms with Crippen molar-refractivity contribution in [2.24, 2.45) is 0 Å². The summed E-state index contributed by atoms with van der Waals surface area (Å²) in [5.41, 5.74) is 2.06. The molecule has 3 aromatic heterocycles. The van der Waals surface area contributed by atoms with Crippen LogP contribution in [0.4, 0.5) is 5.82 Å². The zero-order valence-corrected chi connectivity index (χ0v) is 18.6. The van der Waals surface area contributed by atoms with E-state index in [4.69, 9.17) is 23.2 Å². The molecule has 0 atom stereocenters. The summed E-state index contributed by atoms with van der Waals surface area (Å²) in [6.07, 6.45) is 6.08. The summed E-state index contributed by atoms with van der Waals surface area (Å²) in [5, 5.41) is 5.60. The van der Waals surface area contributed by atoms with Crippen LogP contribution in [0.5, 0.6) is 0 Å². The Morgan fingerprint density at radius 1 is 1.25 bits per heavy atom. The molecule has 0 unspecified atom stereocenters. The molecular formula is C19H18Cl2N4OS2. The molecule has 3 aromatic rings. The number of fused-ring (bicyclic) bond motifs is 3. The smallest absolute Gasteiger partial charge is 0.235 e. The first kappa shape index (κ1) is 19.9. The number of anilines is 1. The highest BCUT2D eigenvalue weighted by Gasteiger charge is 2.21. The highest BCUT2D eigenvalue weighted by Crippen LogP contribution is 2.39. The molecule has 1 amide bonds. The number of nitrogens with one attached hydrogen (secondary N) is 1. The summed E-state index contributed by atoms with van der Waals surface area (Å²) < 4.78 is 0. The second-order valence-corrected chi connectivity index (χ2v) is 9.53. The third-order valence-corrected chi connectivity index (χ3v) is 7.70. The van der Waals surface area contributed by atoms with E-state index in [2.05, 4.69) is 20.3 Å². The van der Waals surface area contributed by atoms with Gasteiger partial charge in [-0.15, -0.1) is 11.3 Å². The van der Waals surface area contributed by atoms with Crippen molar-refractivity contribution in [3.8, 4) is 0 Å². The summed E-state index contributed by atoms with van der Waals surface area (Å²) in [6.45, 7) is 3.68. The average molecular weight is 453 g/mol. The highest BCUT2D eigenvalue weighted by atomic mass is 35.5. The fourth-order valence-corrected chi connectivity index (χ4v) is 5.94. The van der Waals surface area contributed by atoms with Crippen LogP contribution in [0.2, 0.25) is 10.0 Å². The number of pyridine rings is 1. The first-order chi connectivity index (χ1) is 13.4. The van der Waals surface area contributed by atoms with Gasteiger partial charge in [-0.05, 0) is 50.7 Å². The van der Waals surface area contributed by atoms with Crippen LogP contribution in [0.3, 0.4) is 0 Å². The molecule has 0 radical (unpaired) electrons. The Morgan fingerprint density at radius 3 is 2.86 bits per heavy atom. The molecule has 5 nitrogen and oxygen atoms in total. The number of amides is 1. The molecule has 0 saturated heterocycles. The summed E-state index contributed by atoms with van der Waals surface area (Å²) in [5.74, 6) is 1.09. The topological polar surface area (TPSA) is 67.8 Å². The molecule has 1 N–H and O–H groups in total. The van der Waals surface area contributed by atoms with Gasteiger partial charge in [0.2, 0.25) is 5.91 Å². The average Bonchev–Trinajstić information content (AvgIpc) is 3.04. The zero-order chi connectivity index (χ0) is 19.8. The number of aromatic nitrogens is 3. The maximum Gasteiger partial charge on any atom is 0.235 e. The van der Waals surface area contributed by atoms with Crippen LogP contribution in [0, 0.1) is 13.8 Å². The highest BCUT2D eigenvalue weighted by molar-refractivity contribution is 8.00. The van der Waals surface area contributed by atoms with Crippen LogP contribution in [-0.4, -0.2) is 26.6 Å². The second-order valence-electron chi connectivity index (χ2n) is 6.70. The molecule has 9 heteroatoms. The number of rotatable bonds is 4. The van der Waals surface area contributed by atoms with E-state index in [0.717, 1.165) is 33.9 Å². The number of nitrogens with zero attached hydrogens (tertiary/aromatic N) is 3. The maximum atomic E-state index is 12.5. The SMILES string of the molecule is Cc1nc(SCC(=O)Nc2ncc(Cl)c(C)c2Cl)c2c3c(sc2n1)CCCC3. The summed E-state index contributed by atoms with van der Waals surface area (Å²) in [6, 6.07) is 0. The van der Waals surface area contributed by atoms with E-state index in [0.29, 0.717) is 21.4 Å². The molecule has 0 spiro atoms. The number of aryl methyl sites for hydroxylation is 3. The Kier molecular flexibility index (Phi) is 5.78. The number of thioether (sulfide) groups is 1. The maximum absolute atomic E-state index is 12.5. The number of carbonyl (C=O) groups excluding carboxylic acids is 1. The van der Waals surface area contributed by atoms with Gasteiger partial charge in [-0.1, -0.05) is 35.0 Å². The van der Waals surface area contributed by atoms with Gasteiger partial charge in [0, 0.05) is 16.5 Å². The minimum Gasteiger partial charge on any atom is -0.309 e. The molecule has 0 bridgehead atoms. The van der Waals surface area contributed by atoms with E-state index in [1.54, 1.807) is 18.3 Å². The van der Waals surface area contributed by atoms with Crippen LogP contribution in [0.25, 0.3) is 10.2 Å².